The van der Waals surface area contributed by atoms with Gasteiger partial charge in [-0.15, -0.1) is 0 Å². The topological polar surface area (TPSA) is 43.6 Å². The Labute approximate surface area is 306 Å². The summed E-state index contributed by atoms with van der Waals surface area (Å²) in [6.07, 6.45) is 0. The molecule has 0 amide bonds. The first kappa shape index (κ1) is 29.5. The lowest BCUT2D eigenvalue weighted by molar-refractivity contribution is 1.07. The van der Waals surface area contributed by atoms with Crippen LogP contribution in [-0.2, 0) is 0 Å². The largest absolute Gasteiger partial charge is 0.309 e. The fourth-order valence-corrected chi connectivity index (χ4v) is 8.27. The van der Waals surface area contributed by atoms with E-state index in [1.54, 1.807) is 0 Å². The van der Waals surface area contributed by atoms with Crippen molar-refractivity contribution in [2.75, 3.05) is 0 Å². The van der Waals surface area contributed by atoms with Crippen LogP contribution in [0.4, 0.5) is 0 Å². The first-order valence-electron chi connectivity index (χ1n) is 18.0. The van der Waals surface area contributed by atoms with Crippen LogP contribution in [0.2, 0.25) is 0 Å². The number of rotatable bonds is 4. The summed E-state index contributed by atoms with van der Waals surface area (Å²) in [6.45, 7) is 0. The zero-order chi connectivity index (χ0) is 34.9. The van der Waals surface area contributed by atoms with Gasteiger partial charge in [-0.3, -0.25) is 0 Å². The standard InChI is InChI=1S/C49H30N4/c1-3-14-32(15-4-1)47-50-48(33-16-5-2-6-17-33)52-49(51-47)34-20-11-21-35(30-34)53-43-27-10-9-23-37(43)42-29-28-41-40-26-13-19-31-18-12-25-38(44(31)40)36-22-7-8-24-39(36)45(41)46(42)53/h1-30H. The lowest BCUT2D eigenvalue weighted by Gasteiger charge is -2.17. The minimum absolute atomic E-state index is 0.631. The fraction of sp³-hybridized carbons (Fsp3) is 0. The molecular formula is C49H30N4. The Bertz CT molecular complexity index is 2990. The van der Waals surface area contributed by atoms with E-state index in [1.165, 1.54) is 60.4 Å². The molecule has 0 spiro atoms. The molecule has 2 heterocycles. The van der Waals surface area contributed by atoms with Crippen LogP contribution in [0.25, 0.3) is 106 Å². The summed E-state index contributed by atoms with van der Waals surface area (Å²) in [5.74, 6) is 1.92. The van der Waals surface area contributed by atoms with Crippen molar-refractivity contribution in [3.05, 3.63) is 182 Å². The fourth-order valence-electron chi connectivity index (χ4n) is 8.27. The van der Waals surface area contributed by atoms with Gasteiger partial charge in [0.25, 0.3) is 0 Å². The average Bonchev–Trinajstić information content (AvgIpc) is 3.52. The van der Waals surface area contributed by atoms with Gasteiger partial charge in [-0.1, -0.05) is 164 Å². The van der Waals surface area contributed by atoms with Gasteiger partial charge in [0, 0.05) is 38.7 Å². The maximum absolute atomic E-state index is 5.07. The number of hydrogen-bond donors (Lipinski definition) is 0. The molecule has 8 aromatic carbocycles. The Kier molecular flexibility index (Phi) is 6.52. The third-order valence-corrected chi connectivity index (χ3v) is 10.6. The Morgan fingerprint density at radius 2 is 0.906 bits per heavy atom. The normalized spacial score (nSPS) is 11.8. The molecule has 4 heteroatoms. The van der Waals surface area contributed by atoms with Gasteiger partial charge in [0.05, 0.1) is 11.0 Å². The predicted octanol–water partition coefficient (Wildman–Crippen LogP) is 12.4. The third-order valence-electron chi connectivity index (χ3n) is 10.6. The van der Waals surface area contributed by atoms with Crippen LogP contribution in [0, 0.1) is 0 Å². The monoisotopic (exact) mass is 674 g/mol. The maximum Gasteiger partial charge on any atom is 0.164 e. The summed E-state index contributed by atoms with van der Waals surface area (Å²) >= 11 is 0. The van der Waals surface area contributed by atoms with Crippen molar-refractivity contribution in [3.63, 3.8) is 0 Å². The van der Waals surface area contributed by atoms with E-state index in [1.807, 2.05) is 60.7 Å². The SMILES string of the molecule is c1ccc(-c2nc(-c3ccccc3)nc(-c3cccc(-n4c5ccccc5c5ccc6c(c54)-c4ccccc4-c4cccc5cccc-6c45)c3)n2)cc1. The van der Waals surface area contributed by atoms with Crippen LogP contribution in [0.1, 0.15) is 0 Å². The van der Waals surface area contributed by atoms with Crippen molar-refractivity contribution < 1.29 is 0 Å². The summed E-state index contributed by atoms with van der Waals surface area (Å²) < 4.78 is 2.44. The lowest BCUT2D eigenvalue weighted by Crippen LogP contribution is -2.01. The molecular weight excluding hydrogens is 645 g/mol. The molecule has 0 saturated carbocycles. The number of para-hydroxylation sites is 1. The lowest BCUT2D eigenvalue weighted by atomic mass is 9.91. The molecule has 0 saturated heterocycles. The van der Waals surface area contributed by atoms with Crippen molar-refractivity contribution in [3.8, 4) is 73.2 Å². The van der Waals surface area contributed by atoms with Gasteiger partial charge < -0.3 is 4.57 Å². The second kappa shape index (κ2) is 11.7. The molecule has 11 rings (SSSR count). The number of nitrogens with zero attached hydrogens (tertiary/aromatic N) is 4. The second-order valence-electron chi connectivity index (χ2n) is 13.6. The zero-order valence-corrected chi connectivity index (χ0v) is 28.6. The minimum atomic E-state index is 0.631. The van der Waals surface area contributed by atoms with Gasteiger partial charge in [-0.25, -0.2) is 15.0 Å². The maximum atomic E-state index is 5.07. The predicted molar refractivity (Wildman–Crippen MR) is 218 cm³/mol. The summed E-state index contributed by atoms with van der Waals surface area (Å²) in [4.78, 5) is 15.1. The summed E-state index contributed by atoms with van der Waals surface area (Å²) in [6, 6.07) is 64.6. The van der Waals surface area contributed by atoms with Gasteiger partial charge in [-0.05, 0) is 56.8 Å². The molecule has 0 atom stereocenters. The smallest absolute Gasteiger partial charge is 0.164 e. The molecule has 2 aromatic heterocycles. The van der Waals surface area contributed by atoms with Crippen LogP contribution < -0.4 is 0 Å². The molecule has 246 valence electrons. The van der Waals surface area contributed by atoms with E-state index >= 15 is 0 Å². The Balaban J connectivity index is 1.20. The van der Waals surface area contributed by atoms with Crippen LogP contribution in [0.5, 0.6) is 0 Å². The highest BCUT2D eigenvalue weighted by molar-refractivity contribution is 6.21. The van der Waals surface area contributed by atoms with Crippen molar-refractivity contribution >= 4 is 32.6 Å². The zero-order valence-electron chi connectivity index (χ0n) is 28.6. The molecule has 0 fully saturated rings. The van der Waals surface area contributed by atoms with Crippen molar-refractivity contribution in [2.24, 2.45) is 0 Å². The van der Waals surface area contributed by atoms with Crippen LogP contribution >= 0.6 is 0 Å². The van der Waals surface area contributed by atoms with Crippen molar-refractivity contribution in [1.29, 1.82) is 0 Å². The molecule has 1 aliphatic rings. The van der Waals surface area contributed by atoms with Crippen molar-refractivity contribution in [2.45, 2.75) is 0 Å². The highest BCUT2D eigenvalue weighted by Crippen LogP contribution is 2.51. The molecule has 53 heavy (non-hydrogen) atoms. The van der Waals surface area contributed by atoms with Gasteiger partial charge >= 0.3 is 0 Å². The molecule has 0 aliphatic heterocycles. The quantitative estimate of drug-likeness (QED) is 0.187. The number of aromatic nitrogens is 4. The van der Waals surface area contributed by atoms with E-state index in [2.05, 4.69) is 126 Å². The third kappa shape index (κ3) is 4.59. The number of fused-ring (bicyclic) bond motifs is 9. The number of hydrogen-bond acceptors (Lipinski definition) is 3. The minimum Gasteiger partial charge on any atom is -0.309 e. The Morgan fingerprint density at radius 3 is 1.62 bits per heavy atom. The molecule has 4 nitrogen and oxygen atoms in total. The van der Waals surface area contributed by atoms with Gasteiger partial charge in [-0.2, -0.15) is 0 Å². The Morgan fingerprint density at radius 1 is 0.358 bits per heavy atom. The first-order chi connectivity index (χ1) is 26.3. The van der Waals surface area contributed by atoms with E-state index in [0.717, 1.165) is 27.9 Å². The Hall–Kier alpha value is -7.17. The average molecular weight is 675 g/mol. The van der Waals surface area contributed by atoms with Crippen molar-refractivity contribution in [1.82, 2.24) is 19.5 Å². The van der Waals surface area contributed by atoms with E-state index in [9.17, 15) is 0 Å². The molecule has 1 aliphatic carbocycles. The first-order valence-corrected chi connectivity index (χ1v) is 18.0. The van der Waals surface area contributed by atoms with Gasteiger partial charge in [0.2, 0.25) is 0 Å². The van der Waals surface area contributed by atoms with E-state index in [4.69, 9.17) is 15.0 Å². The molecule has 10 aromatic rings. The highest BCUT2D eigenvalue weighted by Gasteiger charge is 2.26. The summed E-state index contributed by atoms with van der Waals surface area (Å²) in [5.41, 5.74) is 13.7. The van der Waals surface area contributed by atoms with Gasteiger partial charge in [0.1, 0.15) is 0 Å². The summed E-state index contributed by atoms with van der Waals surface area (Å²) in [5, 5.41) is 4.98. The van der Waals surface area contributed by atoms with E-state index in [-0.39, 0.29) is 0 Å². The summed E-state index contributed by atoms with van der Waals surface area (Å²) in [7, 11) is 0. The highest BCUT2D eigenvalue weighted by atomic mass is 15.0. The van der Waals surface area contributed by atoms with Crippen LogP contribution in [-0.4, -0.2) is 19.5 Å². The second-order valence-corrected chi connectivity index (χ2v) is 13.6. The van der Waals surface area contributed by atoms with E-state index < -0.39 is 0 Å². The van der Waals surface area contributed by atoms with E-state index in [0.29, 0.717) is 17.5 Å². The molecule has 0 unspecified atom stereocenters. The molecule has 0 N–H and O–H groups in total. The van der Waals surface area contributed by atoms with Gasteiger partial charge in [0.15, 0.2) is 17.5 Å². The number of benzene rings is 8. The van der Waals surface area contributed by atoms with Crippen LogP contribution in [0.15, 0.2) is 182 Å². The molecule has 0 bridgehead atoms. The molecule has 0 radical (unpaired) electrons. The van der Waals surface area contributed by atoms with Crippen LogP contribution in [0.3, 0.4) is 0 Å².